The van der Waals surface area contributed by atoms with Crippen molar-refractivity contribution in [3.05, 3.63) is 35.1 Å². The van der Waals surface area contributed by atoms with Gasteiger partial charge in [-0.1, -0.05) is 39.0 Å². The summed E-state index contributed by atoms with van der Waals surface area (Å²) in [5.41, 5.74) is 3.75. The Morgan fingerprint density at radius 3 is 2.59 bits per heavy atom. The fourth-order valence-corrected chi connectivity index (χ4v) is 2.33. The third-order valence-electron chi connectivity index (χ3n) is 3.25. The third kappa shape index (κ3) is 2.22. The molecule has 0 bridgehead atoms. The molecule has 0 aliphatic heterocycles. The molecule has 0 atom stereocenters. The summed E-state index contributed by atoms with van der Waals surface area (Å²) < 4.78 is 6.05. The van der Waals surface area contributed by atoms with Crippen LogP contribution in [-0.4, -0.2) is 6.54 Å². The second-order valence-electron chi connectivity index (χ2n) is 4.29. The molecule has 0 unspecified atom stereocenters. The molecule has 92 valence electrons. The number of fused-ring (bicyclic) bond motifs is 1. The lowest BCUT2D eigenvalue weighted by Gasteiger charge is -2.00. The molecule has 1 aromatic carbocycles. The Bertz CT molecular complexity index is 499. The van der Waals surface area contributed by atoms with Crippen LogP contribution in [0, 0.1) is 0 Å². The number of rotatable bonds is 5. The van der Waals surface area contributed by atoms with Gasteiger partial charge in [-0.2, -0.15) is 0 Å². The van der Waals surface area contributed by atoms with Gasteiger partial charge >= 0.3 is 0 Å². The van der Waals surface area contributed by atoms with E-state index in [-0.39, 0.29) is 0 Å². The monoisotopic (exact) mass is 231 g/mol. The van der Waals surface area contributed by atoms with Crippen LogP contribution in [0.1, 0.15) is 37.7 Å². The van der Waals surface area contributed by atoms with Gasteiger partial charge in [0.25, 0.3) is 0 Å². The molecule has 0 aliphatic rings. The molecule has 2 heteroatoms. The largest absolute Gasteiger partial charge is 0.459 e. The van der Waals surface area contributed by atoms with Crippen LogP contribution in [0.15, 0.2) is 22.6 Å². The van der Waals surface area contributed by atoms with Crippen LogP contribution < -0.4 is 5.32 Å². The summed E-state index contributed by atoms with van der Waals surface area (Å²) in [6.07, 6.45) is 2.05. The molecule has 2 rings (SSSR count). The van der Waals surface area contributed by atoms with Crippen LogP contribution in [0.2, 0.25) is 0 Å². The molecule has 2 aromatic rings. The molecule has 0 saturated carbocycles. The molecule has 2 nitrogen and oxygen atoms in total. The summed E-state index contributed by atoms with van der Waals surface area (Å²) in [5.74, 6) is 1.10. The molecular formula is C15H21NO. The number of furan rings is 1. The van der Waals surface area contributed by atoms with Crippen molar-refractivity contribution < 1.29 is 4.42 Å². The highest BCUT2D eigenvalue weighted by Gasteiger charge is 2.13. The number of benzene rings is 1. The van der Waals surface area contributed by atoms with Gasteiger partial charge < -0.3 is 9.73 Å². The first-order valence-electron chi connectivity index (χ1n) is 6.54. The van der Waals surface area contributed by atoms with Crippen molar-refractivity contribution >= 4 is 11.0 Å². The van der Waals surface area contributed by atoms with Crippen molar-refractivity contribution in [1.29, 1.82) is 0 Å². The van der Waals surface area contributed by atoms with E-state index in [1.54, 1.807) is 0 Å². The molecule has 1 aromatic heterocycles. The first kappa shape index (κ1) is 12.2. The van der Waals surface area contributed by atoms with Crippen molar-refractivity contribution in [2.45, 2.75) is 40.2 Å². The van der Waals surface area contributed by atoms with Gasteiger partial charge in [-0.3, -0.25) is 0 Å². The Kier molecular flexibility index (Phi) is 3.85. The van der Waals surface area contributed by atoms with Gasteiger partial charge in [0.2, 0.25) is 0 Å². The highest BCUT2D eigenvalue weighted by molar-refractivity contribution is 5.85. The van der Waals surface area contributed by atoms with Crippen LogP contribution in [0.5, 0.6) is 0 Å². The standard InChI is InChI=1S/C15H21NO/c1-4-11-8-7-9-13-12(5-2)14(10-16-6-3)17-15(11)13/h7-9,16H,4-6,10H2,1-3H3. The number of aryl methyl sites for hydroxylation is 2. The minimum absolute atomic E-state index is 0.831. The number of hydrogen-bond donors (Lipinski definition) is 1. The lowest BCUT2D eigenvalue weighted by molar-refractivity contribution is 0.512. The van der Waals surface area contributed by atoms with E-state index in [1.807, 2.05) is 0 Å². The zero-order valence-corrected chi connectivity index (χ0v) is 11.0. The van der Waals surface area contributed by atoms with Crippen molar-refractivity contribution in [3.63, 3.8) is 0 Å². The Morgan fingerprint density at radius 2 is 1.94 bits per heavy atom. The van der Waals surface area contributed by atoms with Gasteiger partial charge in [0.05, 0.1) is 6.54 Å². The SMILES string of the molecule is CCNCc1oc2c(CC)cccc2c1CC. The molecule has 0 radical (unpaired) electrons. The van der Waals surface area contributed by atoms with Crippen LogP contribution in [0.4, 0.5) is 0 Å². The van der Waals surface area contributed by atoms with Crippen LogP contribution in [0.3, 0.4) is 0 Å². The maximum absolute atomic E-state index is 6.05. The second-order valence-corrected chi connectivity index (χ2v) is 4.29. The van der Waals surface area contributed by atoms with E-state index >= 15 is 0 Å². The zero-order valence-electron chi connectivity index (χ0n) is 11.0. The van der Waals surface area contributed by atoms with Gasteiger partial charge in [0.1, 0.15) is 11.3 Å². The van der Waals surface area contributed by atoms with E-state index in [0.717, 1.165) is 37.3 Å². The Hall–Kier alpha value is -1.28. The van der Waals surface area contributed by atoms with Crippen LogP contribution >= 0.6 is 0 Å². The summed E-state index contributed by atoms with van der Waals surface area (Å²) in [7, 11) is 0. The lowest BCUT2D eigenvalue weighted by atomic mass is 10.0. The number of hydrogen-bond acceptors (Lipinski definition) is 2. The number of nitrogens with one attached hydrogen (secondary N) is 1. The first-order valence-corrected chi connectivity index (χ1v) is 6.54. The maximum atomic E-state index is 6.05. The van der Waals surface area contributed by atoms with E-state index in [0.29, 0.717) is 0 Å². The zero-order chi connectivity index (χ0) is 12.3. The Morgan fingerprint density at radius 1 is 1.12 bits per heavy atom. The van der Waals surface area contributed by atoms with Crippen LogP contribution in [0.25, 0.3) is 11.0 Å². The predicted molar refractivity (Wildman–Crippen MR) is 72.4 cm³/mol. The normalized spacial score (nSPS) is 11.2. The van der Waals surface area contributed by atoms with Crippen molar-refractivity contribution in [1.82, 2.24) is 5.32 Å². The second kappa shape index (κ2) is 5.37. The Labute approximate surface area is 103 Å². The summed E-state index contributed by atoms with van der Waals surface area (Å²) in [6.45, 7) is 8.29. The van der Waals surface area contributed by atoms with E-state index in [9.17, 15) is 0 Å². The fraction of sp³-hybridized carbons (Fsp3) is 0.467. The molecule has 1 N–H and O–H groups in total. The summed E-state index contributed by atoms with van der Waals surface area (Å²) in [5, 5.41) is 4.64. The van der Waals surface area contributed by atoms with Gasteiger partial charge in [-0.05, 0) is 24.9 Å². The molecule has 17 heavy (non-hydrogen) atoms. The van der Waals surface area contributed by atoms with E-state index < -0.39 is 0 Å². The topological polar surface area (TPSA) is 25.2 Å². The predicted octanol–water partition coefficient (Wildman–Crippen LogP) is 3.67. The van der Waals surface area contributed by atoms with Gasteiger partial charge in [-0.15, -0.1) is 0 Å². The molecule has 1 heterocycles. The van der Waals surface area contributed by atoms with Gasteiger partial charge in [0, 0.05) is 10.9 Å². The molecular weight excluding hydrogens is 210 g/mol. The van der Waals surface area contributed by atoms with E-state index in [4.69, 9.17) is 4.42 Å². The minimum Gasteiger partial charge on any atom is -0.459 e. The lowest BCUT2D eigenvalue weighted by Crippen LogP contribution is -2.12. The van der Waals surface area contributed by atoms with Gasteiger partial charge in [-0.25, -0.2) is 0 Å². The highest BCUT2D eigenvalue weighted by Crippen LogP contribution is 2.29. The van der Waals surface area contributed by atoms with Crippen LogP contribution in [-0.2, 0) is 19.4 Å². The third-order valence-corrected chi connectivity index (χ3v) is 3.25. The first-order chi connectivity index (χ1) is 8.31. The highest BCUT2D eigenvalue weighted by atomic mass is 16.3. The molecule has 0 spiro atoms. The van der Waals surface area contributed by atoms with E-state index in [1.165, 1.54) is 16.5 Å². The molecule has 0 aliphatic carbocycles. The quantitative estimate of drug-likeness (QED) is 0.849. The Balaban J connectivity index is 2.53. The maximum Gasteiger partial charge on any atom is 0.137 e. The van der Waals surface area contributed by atoms with Crippen molar-refractivity contribution in [2.24, 2.45) is 0 Å². The fourth-order valence-electron chi connectivity index (χ4n) is 2.33. The molecule has 0 fully saturated rings. The number of para-hydroxylation sites is 1. The average molecular weight is 231 g/mol. The molecule has 0 saturated heterocycles. The van der Waals surface area contributed by atoms with Crippen molar-refractivity contribution in [2.75, 3.05) is 6.54 Å². The smallest absolute Gasteiger partial charge is 0.137 e. The minimum atomic E-state index is 0.831. The average Bonchev–Trinajstić information content (AvgIpc) is 2.73. The summed E-state index contributed by atoms with van der Waals surface area (Å²) >= 11 is 0. The summed E-state index contributed by atoms with van der Waals surface area (Å²) in [6, 6.07) is 6.46. The molecule has 0 amide bonds. The van der Waals surface area contributed by atoms with Gasteiger partial charge in [0.15, 0.2) is 0 Å². The summed E-state index contributed by atoms with van der Waals surface area (Å²) in [4.78, 5) is 0. The van der Waals surface area contributed by atoms with E-state index in [2.05, 4.69) is 44.3 Å². The van der Waals surface area contributed by atoms with Crippen molar-refractivity contribution in [3.8, 4) is 0 Å².